The van der Waals surface area contributed by atoms with Crippen molar-refractivity contribution in [2.75, 3.05) is 19.5 Å². The predicted octanol–water partition coefficient (Wildman–Crippen LogP) is 5.20. The van der Waals surface area contributed by atoms with Gasteiger partial charge in [0.2, 0.25) is 0 Å². The van der Waals surface area contributed by atoms with Gasteiger partial charge in [0.25, 0.3) is 5.56 Å². The Labute approximate surface area is 212 Å². The van der Waals surface area contributed by atoms with Crippen molar-refractivity contribution in [3.63, 3.8) is 0 Å². The van der Waals surface area contributed by atoms with Crippen molar-refractivity contribution in [2.45, 2.75) is 24.7 Å². The lowest BCUT2D eigenvalue weighted by atomic mass is 9.73. The van der Waals surface area contributed by atoms with Gasteiger partial charge >= 0.3 is 0 Å². The van der Waals surface area contributed by atoms with Gasteiger partial charge in [-0.3, -0.25) is 14.7 Å². The Balaban J connectivity index is 1.57. The number of hydrogen-bond donors (Lipinski definition) is 2. The molecule has 2 atom stereocenters. The van der Waals surface area contributed by atoms with Crippen LogP contribution in [-0.4, -0.2) is 29.8 Å². The van der Waals surface area contributed by atoms with E-state index in [2.05, 4.69) is 16.5 Å². The molecule has 36 heavy (non-hydrogen) atoms. The van der Waals surface area contributed by atoms with Crippen molar-refractivity contribution in [2.24, 2.45) is 0 Å². The van der Waals surface area contributed by atoms with E-state index < -0.39 is 5.92 Å². The molecule has 1 aliphatic carbocycles. The minimum atomic E-state index is -0.591. The third-order valence-electron chi connectivity index (χ3n) is 7.00. The van der Waals surface area contributed by atoms with Crippen LogP contribution in [0.3, 0.4) is 0 Å². The first-order valence-electron chi connectivity index (χ1n) is 11.8. The number of nitrogens with one attached hydrogen (secondary N) is 2. The van der Waals surface area contributed by atoms with Gasteiger partial charge in [0, 0.05) is 34.0 Å². The molecule has 2 N–H and O–H groups in total. The SMILES string of the molecule is COc1ccc(OC)c(C2C3=C(CC(c4cccs4)CC3=O)Nc3[nH]n(-c4ccccc4)c(=O)c32)c1. The molecule has 0 saturated carbocycles. The van der Waals surface area contributed by atoms with E-state index in [-0.39, 0.29) is 17.3 Å². The molecular formula is C28H25N3O4S. The number of anilines is 1. The zero-order chi connectivity index (χ0) is 24.8. The fourth-order valence-electron chi connectivity index (χ4n) is 5.35. The second kappa shape index (κ2) is 8.87. The summed E-state index contributed by atoms with van der Waals surface area (Å²) in [5, 5.41) is 8.73. The number of carbonyl (C=O) groups is 1. The number of aromatic nitrogens is 2. The Morgan fingerprint density at radius 1 is 0.972 bits per heavy atom. The molecule has 1 aliphatic heterocycles. The van der Waals surface area contributed by atoms with Crippen molar-refractivity contribution < 1.29 is 14.3 Å². The average Bonchev–Trinajstić information content (AvgIpc) is 3.56. The number of H-pyrrole nitrogens is 1. The van der Waals surface area contributed by atoms with Crippen molar-refractivity contribution in [1.29, 1.82) is 0 Å². The summed E-state index contributed by atoms with van der Waals surface area (Å²) >= 11 is 1.67. The molecule has 0 saturated heterocycles. The predicted molar refractivity (Wildman–Crippen MR) is 140 cm³/mol. The summed E-state index contributed by atoms with van der Waals surface area (Å²) in [5.41, 5.74) is 3.19. The molecule has 6 rings (SSSR count). The van der Waals surface area contributed by atoms with Gasteiger partial charge in [-0.25, -0.2) is 4.68 Å². The molecule has 3 heterocycles. The molecule has 0 fully saturated rings. The number of ketones is 1. The van der Waals surface area contributed by atoms with E-state index in [4.69, 9.17) is 9.47 Å². The lowest BCUT2D eigenvalue weighted by Crippen LogP contribution is -2.32. The number of fused-ring (bicyclic) bond motifs is 1. The van der Waals surface area contributed by atoms with Crippen LogP contribution < -0.4 is 20.3 Å². The first kappa shape index (κ1) is 22.4. The fourth-order valence-corrected chi connectivity index (χ4v) is 6.18. The zero-order valence-corrected chi connectivity index (χ0v) is 20.7. The molecule has 2 aliphatic rings. The number of allylic oxidation sites excluding steroid dienone is 2. The monoisotopic (exact) mass is 499 g/mol. The Bertz CT molecular complexity index is 1530. The van der Waals surface area contributed by atoms with Crippen LogP contribution in [0.4, 0.5) is 5.82 Å². The highest BCUT2D eigenvalue weighted by Gasteiger charge is 2.42. The molecule has 7 nitrogen and oxygen atoms in total. The molecule has 0 radical (unpaired) electrons. The van der Waals surface area contributed by atoms with Crippen LogP contribution in [0.15, 0.2) is 82.1 Å². The van der Waals surface area contributed by atoms with Crippen LogP contribution in [0.1, 0.15) is 40.7 Å². The molecule has 0 spiro atoms. The van der Waals surface area contributed by atoms with Crippen molar-refractivity contribution >= 4 is 22.9 Å². The lowest BCUT2D eigenvalue weighted by molar-refractivity contribution is -0.116. The molecule has 0 amide bonds. The van der Waals surface area contributed by atoms with Crippen LogP contribution in [0.5, 0.6) is 11.5 Å². The number of thiophene rings is 1. The molecule has 0 bridgehead atoms. The van der Waals surface area contributed by atoms with Gasteiger partial charge in [0.1, 0.15) is 17.3 Å². The molecule has 182 valence electrons. The van der Waals surface area contributed by atoms with Crippen molar-refractivity contribution in [3.05, 3.63) is 104 Å². The highest BCUT2D eigenvalue weighted by Crippen LogP contribution is 2.49. The summed E-state index contributed by atoms with van der Waals surface area (Å²) in [5.74, 6) is 1.37. The summed E-state index contributed by atoms with van der Waals surface area (Å²) in [4.78, 5) is 28.8. The number of nitrogens with zero attached hydrogens (tertiary/aromatic N) is 1. The van der Waals surface area contributed by atoms with Gasteiger partial charge < -0.3 is 14.8 Å². The number of para-hydroxylation sites is 1. The van der Waals surface area contributed by atoms with Gasteiger partial charge in [-0.2, -0.15) is 0 Å². The summed E-state index contributed by atoms with van der Waals surface area (Å²) in [6, 6.07) is 19.0. The maximum atomic E-state index is 13.9. The quantitative estimate of drug-likeness (QED) is 0.394. The second-order valence-electron chi connectivity index (χ2n) is 8.98. The minimum absolute atomic E-state index is 0.0366. The van der Waals surface area contributed by atoms with Gasteiger partial charge in [0.15, 0.2) is 5.78 Å². The van der Waals surface area contributed by atoms with Crippen molar-refractivity contribution in [3.8, 4) is 17.2 Å². The van der Waals surface area contributed by atoms with Crippen LogP contribution in [0.25, 0.3) is 5.69 Å². The maximum Gasteiger partial charge on any atom is 0.277 e. The number of hydrogen-bond acceptors (Lipinski definition) is 6. The summed E-state index contributed by atoms with van der Waals surface area (Å²) in [6.45, 7) is 0. The van der Waals surface area contributed by atoms with Crippen LogP contribution in [0, 0.1) is 0 Å². The van der Waals surface area contributed by atoms with Crippen molar-refractivity contribution in [1.82, 2.24) is 9.78 Å². The number of benzene rings is 2. The highest BCUT2D eigenvalue weighted by atomic mass is 32.1. The lowest BCUT2D eigenvalue weighted by Gasteiger charge is -2.34. The third kappa shape index (κ3) is 3.56. The van der Waals surface area contributed by atoms with E-state index in [1.165, 1.54) is 9.56 Å². The second-order valence-corrected chi connectivity index (χ2v) is 9.96. The fraction of sp³-hybridized carbons (Fsp3) is 0.214. The molecule has 8 heteroatoms. The van der Waals surface area contributed by atoms with Gasteiger partial charge in [-0.05, 0) is 48.2 Å². The molecule has 2 unspecified atom stereocenters. The minimum Gasteiger partial charge on any atom is -0.497 e. The Hall–Kier alpha value is -4.04. The first-order chi connectivity index (χ1) is 17.6. The first-order valence-corrected chi connectivity index (χ1v) is 12.7. The summed E-state index contributed by atoms with van der Waals surface area (Å²) < 4.78 is 12.7. The number of methoxy groups -OCH3 is 2. The summed E-state index contributed by atoms with van der Waals surface area (Å²) in [7, 11) is 3.19. The van der Waals surface area contributed by atoms with E-state index in [0.717, 1.165) is 16.9 Å². The van der Waals surface area contributed by atoms with E-state index in [1.54, 1.807) is 25.6 Å². The standard InChI is InChI=1S/C28H25N3O4S/c1-34-18-10-11-22(35-2)19(15-18)24-25-20(13-16(14-21(25)32)23-9-6-12-36-23)29-27-26(24)28(33)31(30-27)17-7-4-3-5-8-17/h3-12,15-16,24,29-30H,13-14H2,1-2H3. The Morgan fingerprint density at radius 2 is 1.81 bits per heavy atom. The van der Waals surface area contributed by atoms with E-state index in [9.17, 15) is 9.59 Å². The number of Topliss-reactive ketones (excluding diaryl/α,β-unsaturated/α-hetero) is 1. The smallest absolute Gasteiger partial charge is 0.277 e. The zero-order valence-electron chi connectivity index (χ0n) is 19.9. The number of aromatic amines is 1. The molecule has 2 aromatic carbocycles. The highest BCUT2D eigenvalue weighted by molar-refractivity contribution is 7.10. The topological polar surface area (TPSA) is 85.3 Å². The van der Waals surface area contributed by atoms with E-state index in [0.29, 0.717) is 41.3 Å². The van der Waals surface area contributed by atoms with Gasteiger partial charge in [0.05, 0.1) is 31.4 Å². The average molecular weight is 500 g/mol. The third-order valence-corrected chi connectivity index (χ3v) is 8.03. The Morgan fingerprint density at radius 3 is 2.53 bits per heavy atom. The van der Waals surface area contributed by atoms with Gasteiger partial charge in [-0.1, -0.05) is 24.3 Å². The van der Waals surface area contributed by atoms with Gasteiger partial charge in [-0.15, -0.1) is 11.3 Å². The van der Waals surface area contributed by atoms with Crippen LogP contribution in [0.2, 0.25) is 0 Å². The molecule has 4 aromatic rings. The van der Waals surface area contributed by atoms with E-state index in [1.807, 2.05) is 60.0 Å². The molecule has 2 aromatic heterocycles. The van der Waals surface area contributed by atoms with Crippen LogP contribution >= 0.6 is 11.3 Å². The Kier molecular flexibility index (Phi) is 5.53. The normalized spacial score (nSPS) is 18.9. The number of carbonyl (C=O) groups excluding carboxylic acids is 1. The number of ether oxygens (including phenoxy) is 2. The maximum absolute atomic E-state index is 13.9. The molecular weight excluding hydrogens is 474 g/mol. The van der Waals surface area contributed by atoms with Crippen LogP contribution in [-0.2, 0) is 4.79 Å². The largest absolute Gasteiger partial charge is 0.497 e. The van der Waals surface area contributed by atoms with E-state index >= 15 is 0 Å². The summed E-state index contributed by atoms with van der Waals surface area (Å²) in [6.07, 6.45) is 1.08. The number of rotatable bonds is 5.